The molecule has 5 heteroatoms. The van der Waals surface area contributed by atoms with Crippen LogP contribution in [0.3, 0.4) is 0 Å². The highest BCUT2D eigenvalue weighted by molar-refractivity contribution is 7.18. The molecule has 0 radical (unpaired) electrons. The highest BCUT2D eigenvalue weighted by Crippen LogP contribution is 2.32. The van der Waals surface area contributed by atoms with Crippen LogP contribution < -0.4 is 0 Å². The zero-order valence-electron chi connectivity index (χ0n) is 3.24. The average Bonchev–Trinajstić information content (AvgIpc) is 1.31. The second-order valence-electron chi connectivity index (χ2n) is 0.986. The Labute approximate surface area is 59.1 Å². The van der Waals surface area contributed by atoms with Crippen molar-refractivity contribution in [1.29, 1.82) is 0 Å². The molecule has 0 spiro atoms. The van der Waals surface area contributed by atoms with E-state index in [1.54, 1.807) is 0 Å². The molecule has 0 amide bonds. The maximum absolute atomic E-state index is 8.46. The Kier molecular flexibility index (Phi) is 3.19. The molecule has 0 aromatic heterocycles. The molecule has 0 aromatic carbocycles. The van der Waals surface area contributed by atoms with E-state index < -0.39 is 9.64 Å². The first kappa shape index (κ1) is 8.26. The second-order valence-corrected chi connectivity index (χ2v) is 3.99. The number of hydrogen-bond donors (Lipinski definition) is 1. The van der Waals surface area contributed by atoms with E-state index in [-0.39, 0.29) is 0 Å². The van der Waals surface area contributed by atoms with Crippen molar-refractivity contribution in [1.82, 2.24) is 0 Å². The van der Waals surface area contributed by atoms with Gasteiger partial charge in [0.05, 0.1) is 0 Å². The smallest absolute Gasteiger partial charge is 0.219 e. The van der Waals surface area contributed by atoms with Gasteiger partial charge in [-0.1, -0.05) is 34.8 Å². The summed E-state index contributed by atoms with van der Waals surface area (Å²) in [6, 6.07) is 0. The molecule has 2 atom stereocenters. The van der Waals surface area contributed by atoms with Gasteiger partial charge < -0.3 is 5.11 Å². The maximum Gasteiger partial charge on any atom is 0.219 e. The molecular formula is C2H4Cl3OP. The Bertz CT molecular complexity index is 58.4. The van der Waals surface area contributed by atoms with Gasteiger partial charge in [-0.3, -0.25) is 0 Å². The Morgan fingerprint density at radius 2 is 1.57 bits per heavy atom. The number of aliphatic hydroxyl groups excluding tert-OH is 1. The minimum absolute atomic E-state index is 0.988. The predicted octanol–water partition coefficient (Wildman–Crippen LogP) is 1.55. The largest absolute Gasteiger partial charge is 0.385 e. The van der Waals surface area contributed by atoms with E-state index in [1.165, 1.54) is 0 Å². The van der Waals surface area contributed by atoms with E-state index in [0.29, 0.717) is 0 Å². The molecule has 0 bridgehead atoms. The molecule has 0 saturated carbocycles. The van der Waals surface area contributed by atoms with Gasteiger partial charge in [0.15, 0.2) is 0 Å². The molecule has 0 aromatic rings. The monoisotopic (exact) mass is 180 g/mol. The van der Waals surface area contributed by atoms with Crippen molar-refractivity contribution in [2.75, 3.05) is 0 Å². The summed E-state index contributed by atoms with van der Waals surface area (Å²) in [5.74, 6) is -0.988. The number of aliphatic hydroxyl groups is 1. The van der Waals surface area contributed by atoms with Gasteiger partial charge in [-0.15, -0.1) is 9.24 Å². The standard InChI is InChI=1S/C2H4Cl3OP/c3-2(4,5)1(6)7/h1,6H,7H2. The summed E-state index contributed by atoms with van der Waals surface area (Å²) in [5, 5.41) is 8.46. The summed E-state index contributed by atoms with van der Waals surface area (Å²) < 4.78 is -1.56. The van der Waals surface area contributed by atoms with Gasteiger partial charge in [-0.2, -0.15) is 0 Å². The third kappa shape index (κ3) is 3.81. The molecule has 1 nitrogen and oxygen atoms in total. The van der Waals surface area contributed by atoms with Crippen LogP contribution in [0.4, 0.5) is 0 Å². The number of halogens is 3. The van der Waals surface area contributed by atoms with E-state index in [0.717, 1.165) is 0 Å². The van der Waals surface area contributed by atoms with Gasteiger partial charge in [0, 0.05) is 0 Å². The Morgan fingerprint density at radius 3 is 1.57 bits per heavy atom. The van der Waals surface area contributed by atoms with Crippen LogP contribution in [-0.2, 0) is 0 Å². The lowest BCUT2D eigenvalue weighted by atomic mass is 10.8. The fourth-order valence-electron chi connectivity index (χ4n) is 0. The number of hydrogen-bond acceptors (Lipinski definition) is 1. The maximum atomic E-state index is 8.46. The van der Waals surface area contributed by atoms with Crippen LogP contribution in [0, 0.1) is 0 Å². The minimum Gasteiger partial charge on any atom is -0.385 e. The number of rotatable bonds is 0. The van der Waals surface area contributed by atoms with E-state index in [9.17, 15) is 0 Å². The first-order chi connectivity index (χ1) is 2.94. The average molecular weight is 181 g/mol. The van der Waals surface area contributed by atoms with Crippen LogP contribution in [0.1, 0.15) is 0 Å². The van der Waals surface area contributed by atoms with Gasteiger partial charge in [0.1, 0.15) is 5.85 Å². The third-order valence-electron chi connectivity index (χ3n) is 0.335. The fourth-order valence-corrected chi connectivity index (χ4v) is 0. The molecule has 0 aliphatic carbocycles. The fraction of sp³-hybridized carbons (Fsp3) is 1.00. The quantitative estimate of drug-likeness (QED) is 0.444. The zero-order chi connectivity index (χ0) is 6.08. The van der Waals surface area contributed by atoms with Gasteiger partial charge in [-0.25, -0.2) is 0 Å². The van der Waals surface area contributed by atoms with E-state index in [1.807, 2.05) is 9.24 Å². The molecule has 0 heterocycles. The summed E-state index contributed by atoms with van der Waals surface area (Å²) in [5.41, 5.74) is 0. The van der Waals surface area contributed by atoms with Crippen molar-refractivity contribution in [2.45, 2.75) is 9.64 Å². The lowest BCUT2D eigenvalue weighted by Crippen LogP contribution is -2.17. The molecule has 2 unspecified atom stereocenters. The van der Waals surface area contributed by atoms with Crippen molar-refractivity contribution in [2.24, 2.45) is 0 Å². The van der Waals surface area contributed by atoms with Crippen molar-refractivity contribution < 1.29 is 5.11 Å². The Hall–Kier alpha value is 1.26. The third-order valence-corrected chi connectivity index (χ3v) is 2.14. The Balaban J connectivity index is 3.54. The van der Waals surface area contributed by atoms with Crippen molar-refractivity contribution >= 4 is 44.0 Å². The van der Waals surface area contributed by atoms with Crippen LogP contribution in [-0.4, -0.2) is 14.7 Å². The van der Waals surface area contributed by atoms with Gasteiger partial charge >= 0.3 is 0 Å². The van der Waals surface area contributed by atoms with Crippen molar-refractivity contribution in [3.63, 3.8) is 0 Å². The summed E-state index contributed by atoms with van der Waals surface area (Å²) >= 11 is 15.4. The molecular weight excluding hydrogens is 177 g/mol. The number of alkyl halides is 3. The Morgan fingerprint density at radius 1 is 1.43 bits per heavy atom. The minimum atomic E-state index is -1.56. The molecule has 0 saturated heterocycles. The highest BCUT2D eigenvalue weighted by atomic mass is 35.6. The predicted molar refractivity (Wildman–Crippen MR) is 36.0 cm³/mol. The van der Waals surface area contributed by atoms with Gasteiger partial charge in [0.2, 0.25) is 3.79 Å². The van der Waals surface area contributed by atoms with E-state index in [4.69, 9.17) is 39.9 Å². The second kappa shape index (κ2) is 2.70. The molecule has 0 fully saturated rings. The molecule has 7 heavy (non-hydrogen) atoms. The molecule has 44 valence electrons. The normalized spacial score (nSPS) is 16.7. The van der Waals surface area contributed by atoms with Crippen LogP contribution in [0.25, 0.3) is 0 Å². The molecule has 1 N–H and O–H groups in total. The lowest BCUT2D eigenvalue weighted by molar-refractivity contribution is 0.267. The van der Waals surface area contributed by atoms with Crippen LogP contribution in [0.2, 0.25) is 0 Å². The zero-order valence-corrected chi connectivity index (χ0v) is 6.66. The van der Waals surface area contributed by atoms with Crippen molar-refractivity contribution in [3.8, 4) is 0 Å². The first-order valence-electron chi connectivity index (χ1n) is 1.45. The van der Waals surface area contributed by atoms with E-state index >= 15 is 0 Å². The van der Waals surface area contributed by atoms with Crippen LogP contribution >= 0.6 is 44.0 Å². The lowest BCUT2D eigenvalue weighted by Gasteiger charge is -2.12. The summed E-state index contributed by atoms with van der Waals surface area (Å²) in [6.45, 7) is 0. The van der Waals surface area contributed by atoms with E-state index in [2.05, 4.69) is 0 Å². The molecule has 0 aliphatic rings. The van der Waals surface area contributed by atoms with Crippen molar-refractivity contribution in [3.05, 3.63) is 0 Å². The van der Waals surface area contributed by atoms with Crippen LogP contribution in [0.15, 0.2) is 0 Å². The SMILES string of the molecule is OC(P)C(Cl)(Cl)Cl. The molecule has 0 rings (SSSR count). The first-order valence-corrected chi connectivity index (χ1v) is 3.25. The summed E-state index contributed by atoms with van der Waals surface area (Å²) in [6.07, 6.45) is 0. The highest BCUT2D eigenvalue weighted by Gasteiger charge is 2.26. The summed E-state index contributed by atoms with van der Waals surface area (Å²) in [7, 11) is 1.96. The molecule has 0 aliphatic heterocycles. The van der Waals surface area contributed by atoms with Crippen LogP contribution in [0.5, 0.6) is 0 Å². The summed E-state index contributed by atoms with van der Waals surface area (Å²) in [4.78, 5) is 0. The topological polar surface area (TPSA) is 20.2 Å². The van der Waals surface area contributed by atoms with Gasteiger partial charge in [-0.05, 0) is 0 Å². The van der Waals surface area contributed by atoms with Gasteiger partial charge in [0.25, 0.3) is 0 Å².